The molecule has 0 spiro atoms. The molecule has 1 aliphatic heterocycles. The molecule has 0 aliphatic carbocycles. The van der Waals surface area contributed by atoms with E-state index in [-0.39, 0.29) is 0 Å². The molecule has 1 aliphatic rings. The summed E-state index contributed by atoms with van der Waals surface area (Å²) in [5.74, 6) is 0.715. The smallest absolute Gasteiger partial charge is 0.0390 e. The zero-order valence-corrected chi connectivity index (χ0v) is 13.8. The van der Waals surface area contributed by atoms with E-state index in [0.29, 0.717) is 12.0 Å². The molecule has 2 heteroatoms. The van der Waals surface area contributed by atoms with Crippen LogP contribution in [0.3, 0.4) is 0 Å². The molecule has 112 valence electrons. The van der Waals surface area contributed by atoms with Crippen LogP contribution < -0.4 is 5.32 Å². The third-order valence-electron chi connectivity index (χ3n) is 4.76. The highest BCUT2D eigenvalue weighted by atomic mass is 15.1. The van der Waals surface area contributed by atoms with Crippen LogP contribution in [0.25, 0.3) is 0 Å². The average molecular weight is 274 g/mol. The van der Waals surface area contributed by atoms with E-state index in [9.17, 15) is 0 Å². The molecule has 2 atom stereocenters. The fraction of sp³-hybridized carbons (Fsp3) is 0.667. The van der Waals surface area contributed by atoms with Gasteiger partial charge in [-0.25, -0.2) is 0 Å². The van der Waals surface area contributed by atoms with Gasteiger partial charge in [0.05, 0.1) is 0 Å². The van der Waals surface area contributed by atoms with Gasteiger partial charge in [0.2, 0.25) is 0 Å². The fourth-order valence-electron chi connectivity index (χ4n) is 4.01. The zero-order chi connectivity index (χ0) is 14.7. The predicted molar refractivity (Wildman–Crippen MR) is 87.3 cm³/mol. The molecule has 0 aromatic heterocycles. The van der Waals surface area contributed by atoms with E-state index in [1.165, 1.54) is 42.5 Å². The summed E-state index contributed by atoms with van der Waals surface area (Å²) in [6, 6.07) is 5.25. The molecule has 0 radical (unpaired) electrons. The molecule has 2 unspecified atom stereocenters. The van der Waals surface area contributed by atoms with Crippen molar-refractivity contribution in [2.45, 2.75) is 46.1 Å². The molecule has 0 amide bonds. The summed E-state index contributed by atoms with van der Waals surface area (Å²) in [6.07, 6.45) is 4.02. The lowest BCUT2D eigenvalue weighted by Gasteiger charge is -2.35. The Kier molecular flexibility index (Phi) is 5.22. The zero-order valence-electron chi connectivity index (χ0n) is 13.8. The van der Waals surface area contributed by atoms with Crippen molar-refractivity contribution in [3.8, 4) is 0 Å². The maximum atomic E-state index is 3.41. The molecule has 0 saturated carbocycles. The minimum Gasteiger partial charge on any atom is -0.319 e. The van der Waals surface area contributed by atoms with Crippen LogP contribution in [0.4, 0.5) is 0 Å². The second-order valence-corrected chi connectivity index (χ2v) is 6.55. The summed E-state index contributed by atoms with van der Waals surface area (Å²) in [6.45, 7) is 9.10. The summed E-state index contributed by atoms with van der Waals surface area (Å²) in [5.41, 5.74) is 5.87. The summed E-state index contributed by atoms with van der Waals surface area (Å²) < 4.78 is 0. The number of benzene rings is 1. The van der Waals surface area contributed by atoms with Gasteiger partial charge in [-0.3, -0.25) is 4.90 Å². The van der Waals surface area contributed by atoms with Gasteiger partial charge in [0.25, 0.3) is 0 Å². The van der Waals surface area contributed by atoms with Crippen LogP contribution in [0.1, 0.15) is 47.6 Å². The molecule has 1 N–H and O–H groups in total. The summed E-state index contributed by atoms with van der Waals surface area (Å²) >= 11 is 0. The first-order valence-corrected chi connectivity index (χ1v) is 7.97. The van der Waals surface area contributed by atoms with Crippen LogP contribution in [0.5, 0.6) is 0 Å². The molecule has 1 fully saturated rings. The normalized spacial score (nSPS) is 24.6. The number of likely N-dealkylation sites (tertiary alicyclic amines) is 1. The monoisotopic (exact) mass is 274 g/mol. The van der Waals surface area contributed by atoms with Gasteiger partial charge in [-0.15, -0.1) is 0 Å². The number of aryl methyl sites for hydroxylation is 3. The average Bonchev–Trinajstić information content (AvgIpc) is 2.53. The summed E-state index contributed by atoms with van der Waals surface area (Å²) in [4.78, 5) is 2.58. The van der Waals surface area contributed by atoms with Gasteiger partial charge in [0, 0.05) is 6.04 Å². The minimum atomic E-state index is 0.561. The van der Waals surface area contributed by atoms with E-state index >= 15 is 0 Å². The van der Waals surface area contributed by atoms with E-state index in [0.717, 1.165) is 6.54 Å². The second-order valence-electron chi connectivity index (χ2n) is 6.55. The third kappa shape index (κ3) is 3.24. The van der Waals surface area contributed by atoms with Crippen molar-refractivity contribution in [1.82, 2.24) is 10.2 Å². The number of nitrogens with one attached hydrogen (secondary N) is 1. The highest BCUT2D eigenvalue weighted by Gasteiger charge is 2.30. The molecule has 2 nitrogen and oxygen atoms in total. The quantitative estimate of drug-likeness (QED) is 0.906. The summed E-state index contributed by atoms with van der Waals surface area (Å²) in [5, 5.41) is 3.41. The van der Waals surface area contributed by atoms with E-state index in [1.807, 2.05) is 0 Å². The van der Waals surface area contributed by atoms with Crippen molar-refractivity contribution in [1.29, 1.82) is 0 Å². The predicted octanol–water partition coefficient (Wildman–Crippen LogP) is 3.60. The molecule has 1 saturated heterocycles. The van der Waals surface area contributed by atoms with E-state index < -0.39 is 0 Å². The lowest BCUT2D eigenvalue weighted by atomic mass is 9.84. The highest BCUT2D eigenvalue weighted by Crippen LogP contribution is 2.37. The Bertz CT molecular complexity index is 430. The maximum absolute atomic E-state index is 3.41. The molecule has 2 rings (SSSR count). The van der Waals surface area contributed by atoms with E-state index in [1.54, 1.807) is 5.56 Å². The van der Waals surface area contributed by atoms with Crippen LogP contribution in [0.15, 0.2) is 12.1 Å². The van der Waals surface area contributed by atoms with Crippen molar-refractivity contribution in [3.63, 3.8) is 0 Å². The van der Waals surface area contributed by atoms with Crippen LogP contribution in [-0.2, 0) is 0 Å². The molecular formula is C18H30N2. The first kappa shape index (κ1) is 15.5. The van der Waals surface area contributed by atoms with Gasteiger partial charge >= 0.3 is 0 Å². The Labute approximate surface area is 124 Å². The van der Waals surface area contributed by atoms with Crippen molar-refractivity contribution < 1.29 is 0 Å². The van der Waals surface area contributed by atoms with Crippen LogP contribution in [0.2, 0.25) is 0 Å². The SMILES string of the molecule is CNCC1CCCCN(C)C1c1c(C)cc(C)cc1C. The number of rotatable bonds is 3. The van der Waals surface area contributed by atoms with Gasteiger partial charge in [0.1, 0.15) is 0 Å². The van der Waals surface area contributed by atoms with Gasteiger partial charge in [-0.1, -0.05) is 24.1 Å². The molecule has 0 bridgehead atoms. The first-order chi connectivity index (χ1) is 9.54. The number of nitrogens with zero attached hydrogens (tertiary/aromatic N) is 1. The van der Waals surface area contributed by atoms with Crippen LogP contribution in [0, 0.1) is 26.7 Å². The van der Waals surface area contributed by atoms with E-state index in [2.05, 4.69) is 57.2 Å². The molecule has 1 aromatic carbocycles. The Morgan fingerprint density at radius 1 is 1.15 bits per heavy atom. The van der Waals surface area contributed by atoms with Crippen molar-refractivity contribution >= 4 is 0 Å². The molecule has 1 aromatic rings. The number of hydrogen-bond acceptors (Lipinski definition) is 2. The second kappa shape index (κ2) is 6.73. The first-order valence-electron chi connectivity index (χ1n) is 7.97. The summed E-state index contributed by atoms with van der Waals surface area (Å²) in [7, 11) is 4.38. The van der Waals surface area contributed by atoms with Crippen molar-refractivity contribution in [2.75, 3.05) is 27.2 Å². The topological polar surface area (TPSA) is 15.3 Å². The van der Waals surface area contributed by atoms with Gasteiger partial charge in [-0.05, 0) is 83.4 Å². The maximum Gasteiger partial charge on any atom is 0.0390 e. The standard InChI is InChI=1S/C18H30N2/c1-13-10-14(2)17(15(3)11-13)18-16(12-19-4)8-6-7-9-20(18)5/h10-11,16,18-19H,6-9,12H2,1-5H3. The Morgan fingerprint density at radius 2 is 1.80 bits per heavy atom. The largest absolute Gasteiger partial charge is 0.319 e. The fourth-order valence-corrected chi connectivity index (χ4v) is 4.01. The lowest BCUT2D eigenvalue weighted by molar-refractivity contribution is 0.189. The van der Waals surface area contributed by atoms with Gasteiger partial charge in [0.15, 0.2) is 0 Å². The van der Waals surface area contributed by atoms with Crippen LogP contribution >= 0.6 is 0 Å². The van der Waals surface area contributed by atoms with Crippen molar-refractivity contribution in [3.05, 3.63) is 34.4 Å². The van der Waals surface area contributed by atoms with Crippen LogP contribution in [-0.4, -0.2) is 32.1 Å². The van der Waals surface area contributed by atoms with E-state index in [4.69, 9.17) is 0 Å². The van der Waals surface area contributed by atoms with Gasteiger partial charge in [-0.2, -0.15) is 0 Å². The molecular weight excluding hydrogens is 244 g/mol. The Balaban J connectivity index is 2.44. The van der Waals surface area contributed by atoms with Crippen molar-refractivity contribution in [2.24, 2.45) is 5.92 Å². The molecule has 20 heavy (non-hydrogen) atoms. The Morgan fingerprint density at radius 3 is 2.40 bits per heavy atom. The molecule has 1 heterocycles. The Hall–Kier alpha value is -0.860. The highest BCUT2D eigenvalue weighted by molar-refractivity contribution is 5.40. The lowest BCUT2D eigenvalue weighted by Crippen LogP contribution is -2.34. The minimum absolute atomic E-state index is 0.561. The number of hydrogen-bond donors (Lipinski definition) is 1. The third-order valence-corrected chi connectivity index (χ3v) is 4.76. The van der Waals surface area contributed by atoms with Gasteiger partial charge < -0.3 is 5.32 Å².